The number of ether oxygens (including phenoxy) is 1. The summed E-state index contributed by atoms with van der Waals surface area (Å²) in [5, 5.41) is 0. The Balaban J connectivity index is 1.88. The van der Waals surface area contributed by atoms with E-state index in [0.717, 1.165) is 11.1 Å². The van der Waals surface area contributed by atoms with Crippen molar-refractivity contribution >= 4 is 17.9 Å². The molecule has 0 saturated carbocycles. The molecular weight excluding hydrogens is 292 g/mol. The molecule has 0 bridgehead atoms. The van der Waals surface area contributed by atoms with Gasteiger partial charge < -0.3 is 4.74 Å². The average molecular weight is 310 g/mol. The largest absolute Gasteiger partial charge is 0.497 e. The number of amides is 2. The number of carbonyl (C=O) groups is 2. The standard InChI is InChI=1S/C18H18N2O3/c1-13-6-9-15(10-7-13)18(22)20-19-17(21)11-8-14-4-3-5-16(12-14)23-2/h3-12H,1-2H3,(H,19,21)(H,20,22)/b11-8+. The maximum atomic E-state index is 11.9. The summed E-state index contributed by atoms with van der Waals surface area (Å²) in [6.45, 7) is 1.94. The third-order valence-electron chi connectivity index (χ3n) is 3.13. The highest BCUT2D eigenvalue weighted by atomic mass is 16.5. The van der Waals surface area contributed by atoms with E-state index >= 15 is 0 Å². The molecule has 23 heavy (non-hydrogen) atoms. The van der Waals surface area contributed by atoms with Gasteiger partial charge in [-0.05, 0) is 42.8 Å². The molecule has 0 fully saturated rings. The summed E-state index contributed by atoms with van der Waals surface area (Å²) < 4.78 is 5.11. The first-order chi connectivity index (χ1) is 11.1. The van der Waals surface area contributed by atoms with Crippen LogP contribution in [0.5, 0.6) is 5.75 Å². The zero-order chi connectivity index (χ0) is 16.7. The quantitative estimate of drug-likeness (QED) is 0.673. The molecule has 5 nitrogen and oxygen atoms in total. The summed E-state index contributed by atoms with van der Waals surface area (Å²) in [6, 6.07) is 14.4. The van der Waals surface area contributed by atoms with E-state index in [1.807, 2.05) is 37.3 Å². The maximum absolute atomic E-state index is 11.9. The van der Waals surface area contributed by atoms with E-state index in [1.165, 1.54) is 6.08 Å². The summed E-state index contributed by atoms with van der Waals surface area (Å²) in [4.78, 5) is 23.6. The molecule has 0 aromatic heterocycles. The highest BCUT2D eigenvalue weighted by Gasteiger charge is 2.05. The number of rotatable bonds is 4. The molecule has 0 spiro atoms. The highest BCUT2D eigenvalue weighted by Crippen LogP contribution is 2.13. The molecular formula is C18H18N2O3. The zero-order valence-electron chi connectivity index (χ0n) is 13.0. The van der Waals surface area contributed by atoms with Gasteiger partial charge in [0.25, 0.3) is 11.8 Å². The Kier molecular flexibility index (Phi) is 5.52. The summed E-state index contributed by atoms with van der Waals surface area (Å²) in [5.74, 6) is -0.0818. The zero-order valence-corrected chi connectivity index (χ0v) is 13.0. The lowest BCUT2D eigenvalue weighted by Crippen LogP contribution is -2.40. The van der Waals surface area contributed by atoms with E-state index in [-0.39, 0.29) is 5.91 Å². The molecule has 0 atom stereocenters. The predicted molar refractivity (Wildman–Crippen MR) is 88.8 cm³/mol. The minimum absolute atomic E-state index is 0.367. The van der Waals surface area contributed by atoms with Crippen LogP contribution in [0.1, 0.15) is 21.5 Å². The monoisotopic (exact) mass is 310 g/mol. The van der Waals surface area contributed by atoms with Crippen molar-refractivity contribution in [3.8, 4) is 5.75 Å². The number of hydrogen-bond donors (Lipinski definition) is 2. The second-order valence-electron chi connectivity index (χ2n) is 4.92. The molecule has 118 valence electrons. The van der Waals surface area contributed by atoms with Gasteiger partial charge in [-0.2, -0.15) is 0 Å². The first-order valence-electron chi connectivity index (χ1n) is 7.07. The van der Waals surface area contributed by atoms with E-state index < -0.39 is 5.91 Å². The van der Waals surface area contributed by atoms with Crippen LogP contribution in [0.4, 0.5) is 0 Å². The van der Waals surface area contributed by atoms with E-state index in [1.54, 1.807) is 31.4 Å². The number of nitrogens with one attached hydrogen (secondary N) is 2. The molecule has 2 N–H and O–H groups in total. The minimum atomic E-state index is -0.423. The summed E-state index contributed by atoms with van der Waals surface area (Å²) in [5.41, 5.74) is 7.07. The molecule has 0 unspecified atom stereocenters. The molecule has 0 aliphatic rings. The van der Waals surface area contributed by atoms with Crippen LogP contribution < -0.4 is 15.6 Å². The molecule has 5 heteroatoms. The van der Waals surface area contributed by atoms with Crippen LogP contribution in [-0.2, 0) is 4.79 Å². The molecule has 2 aromatic carbocycles. The van der Waals surface area contributed by atoms with Crippen LogP contribution in [0.25, 0.3) is 6.08 Å². The van der Waals surface area contributed by atoms with Crippen molar-refractivity contribution in [3.05, 3.63) is 71.3 Å². The van der Waals surface area contributed by atoms with E-state index in [4.69, 9.17) is 4.74 Å². The topological polar surface area (TPSA) is 67.4 Å². The van der Waals surface area contributed by atoms with Gasteiger partial charge in [-0.1, -0.05) is 29.8 Å². The van der Waals surface area contributed by atoms with Gasteiger partial charge in [0.2, 0.25) is 0 Å². The van der Waals surface area contributed by atoms with Crippen LogP contribution in [0, 0.1) is 6.92 Å². The number of hydrogen-bond acceptors (Lipinski definition) is 3. The molecule has 0 heterocycles. The van der Waals surface area contributed by atoms with Gasteiger partial charge in [0.05, 0.1) is 7.11 Å². The molecule has 2 aromatic rings. The fourth-order valence-corrected chi connectivity index (χ4v) is 1.85. The summed E-state index contributed by atoms with van der Waals surface area (Å²) >= 11 is 0. The molecule has 2 amide bonds. The Bertz CT molecular complexity index is 721. The Hall–Kier alpha value is -3.08. The minimum Gasteiger partial charge on any atom is -0.497 e. The lowest BCUT2D eigenvalue weighted by molar-refractivity contribution is -0.117. The van der Waals surface area contributed by atoms with Crippen molar-refractivity contribution in [1.29, 1.82) is 0 Å². The lowest BCUT2D eigenvalue weighted by atomic mass is 10.1. The van der Waals surface area contributed by atoms with Crippen molar-refractivity contribution in [2.24, 2.45) is 0 Å². The Morgan fingerprint density at radius 1 is 1.04 bits per heavy atom. The van der Waals surface area contributed by atoms with Crippen molar-refractivity contribution in [1.82, 2.24) is 10.9 Å². The van der Waals surface area contributed by atoms with E-state index in [9.17, 15) is 9.59 Å². The second kappa shape index (κ2) is 7.79. The van der Waals surface area contributed by atoms with Crippen molar-refractivity contribution in [3.63, 3.8) is 0 Å². The van der Waals surface area contributed by atoms with Gasteiger partial charge in [0.15, 0.2) is 0 Å². The smallest absolute Gasteiger partial charge is 0.269 e. The molecule has 0 saturated heterocycles. The van der Waals surface area contributed by atoms with Crippen LogP contribution in [0.3, 0.4) is 0 Å². The average Bonchev–Trinajstić information content (AvgIpc) is 2.58. The maximum Gasteiger partial charge on any atom is 0.269 e. The normalized spacial score (nSPS) is 10.3. The number of benzene rings is 2. The lowest BCUT2D eigenvalue weighted by Gasteiger charge is -2.05. The molecule has 0 radical (unpaired) electrons. The van der Waals surface area contributed by atoms with Crippen LogP contribution >= 0.6 is 0 Å². The van der Waals surface area contributed by atoms with Crippen LogP contribution in [-0.4, -0.2) is 18.9 Å². The predicted octanol–water partition coefficient (Wildman–Crippen LogP) is 2.48. The number of aryl methyl sites for hydroxylation is 1. The summed E-state index contributed by atoms with van der Waals surface area (Å²) in [7, 11) is 1.58. The van der Waals surface area contributed by atoms with Gasteiger partial charge in [-0.3, -0.25) is 20.4 Å². The Morgan fingerprint density at radius 3 is 2.48 bits per heavy atom. The van der Waals surface area contributed by atoms with Crippen LogP contribution in [0.2, 0.25) is 0 Å². The first kappa shape index (κ1) is 16.3. The SMILES string of the molecule is COc1cccc(/C=C/C(=O)NNC(=O)c2ccc(C)cc2)c1. The van der Waals surface area contributed by atoms with Gasteiger partial charge >= 0.3 is 0 Å². The Labute approximate surface area is 134 Å². The fourth-order valence-electron chi connectivity index (χ4n) is 1.85. The third-order valence-corrected chi connectivity index (χ3v) is 3.13. The van der Waals surface area contributed by atoms with Crippen LogP contribution in [0.15, 0.2) is 54.6 Å². The van der Waals surface area contributed by atoms with E-state index in [2.05, 4.69) is 10.9 Å². The number of carbonyl (C=O) groups excluding carboxylic acids is 2. The first-order valence-corrected chi connectivity index (χ1v) is 7.07. The van der Waals surface area contributed by atoms with Crippen molar-refractivity contribution in [2.75, 3.05) is 7.11 Å². The second-order valence-corrected chi connectivity index (χ2v) is 4.92. The highest BCUT2D eigenvalue weighted by molar-refractivity contribution is 5.97. The fraction of sp³-hybridized carbons (Fsp3) is 0.111. The van der Waals surface area contributed by atoms with Gasteiger partial charge in [-0.25, -0.2) is 0 Å². The third kappa shape index (κ3) is 5.00. The van der Waals surface area contributed by atoms with Gasteiger partial charge in [0.1, 0.15) is 5.75 Å². The Morgan fingerprint density at radius 2 is 1.78 bits per heavy atom. The summed E-state index contributed by atoms with van der Waals surface area (Å²) in [6.07, 6.45) is 2.97. The van der Waals surface area contributed by atoms with Crippen molar-refractivity contribution < 1.29 is 14.3 Å². The number of hydrazine groups is 1. The number of methoxy groups -OCH3 is 1. The van der Waals surface area contributed by atoms with Gasteiger partial charge in [-0.15, -0.1) is 0 Å². The van der Waals surface area contributed by atoms with E-state index in [0.29, 0.717) is 11.3 Å². The molecule has 0 aliphatic heterocycles. The molecule has 0 aliphatic carbocycles. The molecule has 2 rings (SSSR count). The van der Waals surface area contributed by atoms with Gasteiger partial charge in [0, 0.05) is 11.6 Å². The van der Waals surface area contributed by atoms with Crippen molar-refractivity contribution in [2.45, 2.75) is 6.92 Å².